The number of hydrogen-bond acceptors (Lipinski definition) is 8. The van der Waals surface area contributed by atoms with Crippen LogP contribution < -0.4 is 15.5 Å². The van der Waals surface area contributed by atoms with Crippen molar-refractivity contribution in [3.8, 4) is 0 Å². The van der Waals surface area contributed by atoms with Crippen molar-refractivity contribution in [2.45, 2.75) is 64.1 Å². The van der Waals surface area contributed by atoms with Crippen LogP contribution in [0.4, 0.5) is 15.4 Å². The average Bonchev–Trinajstić information content (AvgIpc) is 2.72. The Labute approximate surface area is 187 Å². The lowest BCUT2D eigenvalue weighted by Crippen LogP contribution is -2.52. The second kappa shape index (κ2) is 10.3. The number of nitrogens with one attached hydrogen (secondary N) is 2. The number of carbonyl (C=O) groups excluding carboxylic acids is 2. The van der Waals surface area contributed by atoms with Crippen LogP contribution in [-0.4, -0.2) is 71.3 Å². The summed E-state index contributed by atoms with van der Waals surface area (Å²) in [6.07, 6.45) is 1.51. The third-order valence-corrected chi connectivity index (χ3v) is 5.36. The van der Waals surface area contributed by atoms with Gasteiger partial charge in [0.15, 0.2) is 11.0 Å². The van der Waals surface area contributed by atoms with Gasteiger partial charge in [0.1, 0.15) is 5.60 Å². The molecular formula is C20H31ClN6O4. The van der Waals surface area contributed by atoms with Crippen LogP contribution in [0, 0.1) is 0 Å². The van der Waals surface area contributed by atoms with Crippen molar-refractivity contribution < 1.29 is 19.2 Å². The highest BCUT2D eigenvalue weighted by atomic mass is 35.5. The first kappa shape index (κ1) is 23.3. The number of hydrogen-bond donors (Lipinski definition) is 2. The second-order valence-electron chi connectivity index (χ2n) is 8.79. The van der Waals surface area contributed by atoms with Crippen LogP contribution in [-0.2, 0) is 9.57 Å². The normalized spacial score (nSPS) is 18.4. The van der Waals surface area contributed by atoms with Crippen LogP contribution >= 0.6 is 11.6 Å². The quantitative estimate of drug-likeness (QED) is 0.671. The van der Waals surface area contributed by atoms with E-state index in [-0.39, 0.29) is 12.1 Å². The number of ether oxygens (including phenoxy) is 1. The van der Waals surface area contributed by atoms with Gasteiger partial charge in [0.2, 0.25) is 0 Å². The highest BCUT2D eigenvalue weighted by Gasteiger charge is 2.35. The van der Waals surface area contributed by atoms with Crippen LogP contribution in [0.2, 0.25) is 5.15 Å². The van der Waals surface area contributed by atoms with E-state index in [1.54, 1.807) is 26.8 Å². The topological polar surface area (TPSA) is 109 Å². The number of amides is 2. The van der Waals surface area contributed by atoms with E-state index in [1.165, 1.54) is 0 Å². The molecule has 2 aliphatic heterocycles. The molecule has 3 heterocycles. The third-order valence-electron chi connectivity index (χ3n) is 5.15. The van der Waals surface area contributed by atoms with Gasteiger partial charge in [-0.2, -0.15) is 0 Å². The van der Waals surface area contributed by atoms with Gasteiger partial charge in [-0.1, -0.05) is 11.6 Å². The summed E-state index contributed by atoms with van der Waals surface area (Å²) < 4.78 is 5.49. The molecule has 2 fully saturated rings. The van der Waals surface area contributed by atoms with Crippen molar-refractivity contribution in [3.05, 3.63) is 17.3 Å². The first-order chi connectivity index (χ1) is 14.7. The fraction of sp³-hybridized carbons (Fsp3) is 0.700. The number of carbonyl (C=O) groups is 2. The Kier molecular flexibility index (Phi) is 7.77. The molecule has 0 saturated carbocycles. The molecular weight excluding hydrogens is 424 g/mol. The van der Waals surface area contributed by atoms with Crippen molar-refractivity contribution in [3.63, 3.8) is 0 Å². The number of aromatic nitrogens is 2. The van der Waals surface area contributed by atoms with Gasteiger partial charge in [0.05, 0.1) is 6.04 Å². The molecule has 31 heavy (non-hydrogen) atoms. The highest BCUT2D eigenvalue weighted by Crippen LogP contribution is 2.23. The van der Waals surface area contributed by atoms with Crippen LogP contribution in [0.25, 0.3) is 0 Å². The van der Waals surface area contributed by atoms with Gasteiger partial charge in [-0.05, 0) is 71.7 Å². The minimum absolute atomic E-state index is 0.0274. The Hall–Kier alpha value is -2.33. The van der Waals surface area contributed by atoms with E-state index in [0.717, 1.165) is 36.8 Å². The Morgan fingerprint density at radius 2 is 1.84 bits per heavy atom. The monoisotopic (exact) mass is 454 g/mol. The number of halogens is 1. The van der Waals surface area contributed by atoms with E-state index in [4.69, 9.17) is 21.2 Å². The van der Waals surface area contributed by atoms with Crippen molar-refractivity contribution in [2.75, 3.05) is 31.1 Å². The van der Waals surface area contributed by atoms with Crippen molar-refractivity contribution >= 4 is 29.6 Å². The first-order valence-electron chi connectivity index (χ1n) is 10.7. The summed E-state index contributed by atoms with van der Waals surface area (Å²) in [5.41, 5.74) is -0.705. The van der Waals surface area contributed by atoms with E-state index >= 15 is 0 Å². The van der Waals surface area contributed by atoms with E-state index in [2.05, 4.69) is 25.7 Å². The molecule has 2 saturated heterocycles. The third kappa shape index (κ3) is 7.10. The molecule has 0 aromatic carbocycles. The molecule has 1 aromatic heterocycles. The summed E-state index contributed by atoms with van der Waals surface area (Å²) in [5, 5.41) is 15.5. The molecule has 3 rings (SSSR count). The highest BCUT2D eigenvalue weighted by molar-refractivity contribution is 6.29. The zero-order chi connectivity index (χ0) is 22.4. The van der Waals surface area contributed by atoms with Crippen molar-refractivity contribution in [1.29, 1.82) is 0 Å². The molecule has 2 amide bonds. The average molecular weight is 455 g/mol. The maximum Gasteiger partial charge on any atom is 0.444 e. The summed E-state index contributed by atoms with van der Waals surface area (Å²) in [4.78, 5) is 32.9. The van der Waals surface area contributed by atoms with Gasteiger partial charge in [-0.3, -0.25) is 0 Å². The minimum atomic E-state index is -0.705. The lowest BCUT2D eigenvalue weighted by atomic mass is 10.0. The maximum atomic E-state index is 12.8. The number of rotatable bonds is 3. The molecule has 0 radical (unpaired) electrons. The van der Waals surface area contributed by atoms with Crippen LogP contribution in [0.3, 0.4) is 0 Å². The molecule has 2 N–H and O–H groups in total. The fourth-order valence-electron chi connectivity index (χ4n) is 3.62. The van der Waals surface area contributed by atoms with Crippen LogP contribution in [0.5, 0.6) is 0 Å². The molecule has 0 spiro atoms. The van der Waals surface area contributed by atoms with Gasteiger partial charge in [-0.15, -0.1) is 15.3 Å². The maximum absolute atomic E-state index is 12.8. The van der Waals surface area contributed by atoms with E-state index in [0.29, 0.717) is 31.1 Å². The number of hydroxylamine groups is 2. The van der Waals surface area contributed by atoms with E-state index in [9.17, 15) is 9.59 Å². The van der Waals surface area contributed by atoms with Crippen molar-refractivity contribution in [1.82, 2.24) is 25.9 Å². The van der Waals surface area contributed by atoms with Gasteiger partial charge >= 0.3 is 12.2 Å². The van der Waals surface area contributed by atoms with E-state index in [1.807, 2.05) is 6.07 Å². The standard InChI is InChI=1S/C20H31ClN6O4/c1-20(2,3)30-19(29)27(31-18(28)23-14-6-10-22-11-7-14)15-8-12-26(13-9-15)17-5-4-16(21)24-25-17/h4-5,14-15,22H,6-13H2,1-3H3,(H,23,28). The predicted octanol–water partition coefficient (Wildman–Crippen LogP) is 2.73. The van der Waals surface area contributed by atoms with Gasteiger partial charge in [0, 0.05) is 19.1 Å². The Morgan fingerprint density at radius 3 is 2.42 bits per heavy atom. The summed E-state index contributed by atoms with van der Waals surface area (Å²) in [6.45, 7) is 8.26. The summed E-state index contributed by atoms with van der Waals surface area (Å²) >= 11 is 5.81. The predicted molar refractivity (Wildman–Crippen MR) is 116 cm³/mol. The number of anilines is 1. The van der Waals surface area contributed by atoms with Gasteiger partial charge < -0.3 is 25.1 Å². The fourth-order valence-corrected chi connectivity index (χ4v) is 3.72. The molecule has 11 heteroatoms. The molecule has 1 aromatic rings. The van der Waals surface area contributed by atoms with Crippen molar-refractivity contribution in [2.24, 2.45) is 0 Å². The molecule has 0 bridgehead atoms. The SMILES string of the molecule is CC(C)(C)OC(=O)N(OC(=O)NC1CCNCC1)C1CCN(c2ccc(Cl)nn2)CC1. The molecule has 0 unspecified atom stereocenters. The lowest BCUT2D eigenvalue weighted by molar-refractivity contribution is -0.129. The minimum Gasteiger partial charge on any atom is -0.442 e. The second-order valence-corrected chi connectivity index (χ2v) is 9.17. The lowest BCUT2D eigenvalue weighted by Gasteiger charge is -2.37. The van der Waals surface area contributed by atoms with Gasteiger partial charge in [-0.25, -0.2) is 9.59 Å². The summed E-state index contributed by atoms with van der Waals surface area (Å²) in [5.74, 6) is 0.719. The van der Waals surface area contributed by atoms with Crippen LogP contribution in [0.15, 0.2) is 12.1 Å². The number of nitrogens with zero attached hydrogens (tertiary/aromatic N) is 4. The Morgan fingerprint density at radius 1 is 1.16 bits per heavy atom. The molecule has 0 atom stereocenters. The summed E-state index contributed by atoms with van der Waals surface area (Å²) in [6, 6.07) is 3.23. The molecule has 2 aliphatic rings. The smallest absolute Gasteiger partial charge is 0.442 e. The van der Waals surface area contributed by atoms with E-state index < -0.39 is 17.8 Å². The zero-order valence-corrected chi connectivity index (χ0v) is 19.0. The number of piperidine rings is 2. The summed E-state index contributed by atoms with van der Waals surface area (Å²) in [7, 11) is 0. The Bertz CT molecular complexity index is 743. The van der Waals surface area contributed by atoms with Gasteiger partial charge in [0.25, 0.3) is 0 Å². The Balaban J connectivity index is 1.62. The van der Waals surface area contributed by atoms with Crippen LogP contribution in [0.1, 0.15) is 46.5 Å². The molecule has 172 valence electrons. The zero-order valence-electron chi connectivity index (χ0n) is 18.3. The first-order valence-corrected chi connectivity index (χ1v) is 11.0. The molecule has 10 nitrogen and oxygen atoms in total. The molecule has 0 aliphatic carbocycles. The largest absolute Gasteiger partial charge is 0.444 e.